The van der Waals surface area contributed by atoms with Crippen molar-refractivity contribution >= 4 is 30.6 Å². The first-order valence-corrected chi connectivity index (χ1v) is 13.9. The van der Waals surface area contributed by atoms with E-state index in [1.807, 2.05) is 29.1 Å². The second-order valence-electron chi connectivity index (χ2n) is 9.95. The number of para-hydroxylation sites is 2. The van der Waals surface area contributed by atoms with Crippen LogP contribution in [0.15, 0.2) is 70.6 Å². The van der Waals surface area contributed by atoms with Crippen molar-refractivity contribution in [2.45, 2.75) is 26.2 Å². The third-order valence-corrected chi connectivity index (χ3v) is 11.1. The number of likely N-dealkylation sites (N-methyl/N-ethyl adjacent to an activating group) is 1. The lowest BCUT2D eigenvalue weighted by Crippen LogP contribution is -2.46. The molecule has 35 heavy (non-hydrogen) atoms. The van der Waals surface area contributed by atoms with E-state index in [1.54, 1.807) is 0 Å². The number of aromatic nitrogens is 2. The molecule has 1 atom stereocenters. The number of morpholine rings is 1. The minimum atomic E-state index is -2.51. The lowest BCUT2D eigenvalue weighted by atomic mass is 9.84. The molecule has 3 aliphatic rings. The van der Waals surface area contributed by atoms with E-state index in [0.717, 1.165) is 40.9 Å². The average molecular weight is 488 g/mol. The number of aryl methyl sites for hydroxylation is 1. The van der Waals surface area contributed by atoms with Gasteiger partial charge in [0.15, 0.2) is 5.31 Å². The van der Waals surface area contributed by atoms with Crippen LogP contribution in [0.4, 0.5) is 11.5 Å². The Morgan fingerprint density at radius 2 is 1.69 bits per heavy atom. The molecule has 0 saturated carbocycles. The van der Waals surface area contributed by atoms with Crippen LogP contribution in [-0.2, 0) is 10.2 Å². The summed E-state index contributed by atoms with van der Waals surface area (Å²) >= 11 is 0. The summed E-state index contributed by atoms with van der Waals surface area (Å²) in [5.41, 5.74) is 13.2. The summed E-state index contributed by atoms with van der Waals surface area (Å²) in [4.78, 5) is 7.37. The predicted octanol–water partition coefficient (Wildman–Crippen LogP) is 4.30. The Morgan fingerprint density at radius 3 is 2.40 bits per heavy atom. The second-order valence-corrected chi connectivity index (χ2v) is 12.8. The van der Waals surface area contributed by atoms with Crippen LogP contribution in [0.3, 0.4) is 0 Å². The molecule has 0 amide bonds. The number of nitrogens with zero attached hydrogens (tertiary/aromatic N) is 5. The minimum absolute atomic E-state index is 0.204. The number of allylic oxidation sites excluding steroid dienone is 2. The number of rotatable bonds is 2. The molecular formula is C27H32N6OP+. The Morgan fingerprint density at radius 1 is 1.00 bits per heavy atom. The van der Waals surface area contributed by atoms with E-state index < -0.39 is 7.56 Å². The van der Waals surface area contributed by atoms with E-state index in [9.17, 15) is 0 Å². The minimum Gasteiger partial charge on any atom is -0.378 e. The molecule has 1 unspecified atom stereocenters. The Balaban J connectivity index is 1.63. The first kappa shape index (κ1) is 22.6. The number of hydrogen-bond acceptors (Lipinski definition) is 6. The van der Waals surface area contributed by atoms with Crippen LogP contribution in [0.1, 0.15) is 25.1 Å². The molecular weight excluding hydrogens is 455 g/mol. The summed E-state index contributed by atoms with van der Waals surface area (Å²) in [6.07, 6.45) is 2.03. The Bertz CT molecular complexity index is 1360. The van der Waals surface area contributed by atoms with Crippen LogP contribution in [0.25, 0.3) is 5.69 Å². The van der Waals surface area contributed by atoms with E-state index in [2.05, 4.69) is 73.8 Å². The number of hydrogen-bond donors (Lipinski definition) is 1. The van der Waals surface area contributed by atoms with Crippen LogP contribution < -0.4 is 15.7 Å². The molecule has 8 heteroatoms. The van der Waals surface area contributed by atoms with Gasteiger partial charge >= 0.3 is 0 Å². The van der Waals surface area contributed by atoms with Gasteiger partial charge < -0.3 is 9.64 Å². The van der Waals surface area contributed by atoms with Gasteiger partial charge in [-0.1, -0.05) is 36.4 Å². The van der Waals surface area contributed by atoms with Gasteiger partial charge in [0.1, 0.15) is 5.69 Å². The molecule has 4 heterocycles. The molecule has 6 rings (SSSR count). The zero-order valence-corrected chi connectivity index (χ0v) is 21.7. The first-order chi connectivity index (χ1) is 16.8. The quantitative estimate of drug-likeness (QED) is 0.546. The molecule has 2 N–H and O–H groups in total. The summed E-state index contributed by atoms with van der Waals surface area (Å²) in [5, 5.41) is 7.17. The maximum absolute atomic E-state index is 7.73. The zero-order chi connectivity index (χ0) is 24.4. The molecule has 7 nitrogen and oxygen atoms in total. The molecule has 0 spiro atoms. The van der Waals surface area contributed by atoms with Crippen molar-refractivity contribution in [2.24, 2.45) is 10.5 Å². The van der Waals surface area contributed by atoms with Crippen molar-refractivity contribution in [3.05, 3.63) is 76.9 Å². The monoisotopic (exact) mass is 487 g/mol. The van der Waals surface area contributed by atoms with Gasteiger partial charge in [0.2, 0.25) is 18.7 Å². The van der Waals surface area contributed by atoms with Gasteiger partial charge in [-0.3, -0.25) is 0 Å². The van der Waals surface area contributed by atoms with Gasteiger partial charge in [-0.25, -0.2) is 9.67 Å². The van der Waals surface area contributed by atoms with Gasteiger partial charge in [0, 0.05) is 18.2 Å². The van der Waals surface area contributed by atoms with Gasteiger partial charge in [-0.05, 0) is 44.5 Å². The molecule has 2 aromatic carbocycles. The highest BCUT2D eigenvalue weighted by molar-refractivity contribution is 7.84. The normalized spacial score (nSPS) is 25.6. The highest BCUT2D eigenvalue weighted by Gasteiger charge is 2.58. The van der Waals surface area contributed by atoms with Crippen molar-refractivity contribution < 1.29 is 4.74 Å². The predicted molar refractivity (Wildman–Crippen MR) is 144 cm³/mol. The molecule has 3 aromatic rings. The van der Waals surface area contributed by atoms with Crippen LogP contribution in [-0.4, -0.2) is 54.0 Å². The summed E-state index contributed by atoms with van der Waals surface area (Å²) in [6, 6.07) is 18.8. The van der Waals surface area contributed by atoms with Crippen molar-refractivity contribution in [2.75, 3.05) is 38.3 Å². The molecule has 0 bridgehead atoms. The standard InChI is InChI=1S/C27H32N6OP/c1-19-24-26(33(30-19)20-10-6-5-7-11-20)29-18-23(35(24,28)32-14-16-34-17-15-32)25-27(2,3)21-12-8-9-13-22(21)31(25)4/h5-13,18H,14-17,28H2,1-4H3/q+1/b25-23-. The summed E-state index contributed by atoms with van der Waals surface area (Å²) in [5.74, 6) is 0.844. The summed E-state index contributed by atoms with van der Waals surface area (Å²) < 4.78 is 10.1. The van der Waals surface area contributed by atoms with Gasteiger partial charge in [0.05, 0.1) is 43.9 Å². The molecule has 0 aliphatic carbocycles. The first-order valence-electron chi connectivity index (χ1n) is 12.1. The summed E-state index contributed by atoms with van der Waals surface area (Å²) in [6.45, 7) is 9.61. The third kappa shape index (κ3) is 3.19. The highest BCUT2D eigenvalue weighted by Crippen LogP contribution is 2.67. The van der Waals surface area contributed by atoms with Crippen LogP contribution in [0, 0.1) is 6.92 Å². The van der Waals surface area contributed by atoms with E-state index >= 15 is 0 Å². The number of aliphatic imine (C=N–C) groups is 1. The largest absolute Gasteiger partial charge is 0.378 e. The molecule has 0 radical (unpaired) electrons. The SMILES string of the molecule is Cc1nn(-c2ccccc2)c2c1[P+](N)(N1CCOCC1)/C(=C1\N(C)c3ccccc3C1(C)C)C=N2. The maximum Gasteiger partial charge on any atom is 0.223 e. The number of anilines is 1. The third-order valence-electron chi connectivity index (χ3n) is 7.57. The van der Waals surface area contributed by atoms with Gasteiger partial charge in [0.25, 0.3) is 0 Å². The molecule has 180 valence electrons. The number of ether oxygens (including phenoxy) is 1. The van der Waals surface area contributed by atoms with Crippen LogP contribution >= 0.6 is 7.56 Å². The Labute approximate surface area is 207 Å². The number of fused-ring (bicyclic) bond motifs is 2. The fourth-order valence-corrected chi connectivity index (χ4v) is 9.55. The average Bonchev–Trinajstić information content (AvgIpc) is 3.32. The number of nitrogens with two attached hydrogens (primary N) is 1. The molecule has 1 fully saturated rings. The fraction of sp³-hybridized carbons (Fsp3) is 0.333. The van der Waals surface area contributed by atoms with E-state index in [4.69, 9.17) is 20.3 Å². The second kappa shape index (κ2) is 8.10. The Kier molecular flexibility index (Phi) is 5.24. The van der Waals surface area contributed by atoms with Gasteiger partial charge in [-0.2, -0.15) is 10.6 Å². The number of benzene rings is 2. The van der Waals surface area contributed by atoms with Crippen molar-refractivity contribution in [1.82, 2.24) is 14.5 Å². The zero-order valence-electron chi connectivity index (χ0n) is 20.8. The van der Waals surface area contributed by atoms with E-state index in [0.29, 0.717) is 13.2 Å². The molecule has 3 aliphatic heterocycles. The topological polar surface area (TPSA) is 71.9 Å². The summed E-state index contributed by atoms with van der Waals surface area (Å²) in [7, 11) is -0.357. The van der Waals surface area contributed by atoms with Crippen molar-refractivity contribution in [1.29, 1.82) is 0 Å². The van der Waals surface area contributed by atoms with Crippen LogP contribution in [0.5, 0.6) is 0 Å². The lowest BCUT2D eigenvalue weighted by molar-refractivity contribution is 0.0742. The Hall–Kier alpha value is -2.83. The fourth-order valence-electron chi connectivity index (χ4n) is 5.94. The highest BCUT2D eigenvalue weighted by atomic mass is 31.2. The lowest BCUT2D eigenvalue weighted by Gasteiger charge is -2.39. The maximum atomic E-state index is 7.73. The van der Waals surface area contributed by atoms with Gasteiger partial charge in [-0.15, -0.1) is 4.67 Å². The van der Waals surface area contributed by atoms with Crippen LogP contribution in [0.2, 0.25) is 0 Å². The molecule has 1 saturated heterocycles. The van der Waals surface area contributed by atoms with Crippen molar-refractivity contribution in [3.63, 3.8) is 0 Å². The van der Waals surface area contributed by atoms with E-state index in [-0.39, 0.29) is 5.41 Å². The smallest absolute Gasteiger partial charge is 0.223 e. The van der Waals surface area contributed by atoms with Crippen molar-refractivity contribution in [3.8, 4) is 5.69 Å². The molecule has 1 aromatic heterocycles. The van der Waals surface area contributed by atoms with E-state index in [1.165, 1.54) is 16.9 Å².